The van der Waals surface area contributed by atoms with Gasteiger partial charge in [0.15, 0.2) is 9.84 Å². The van der Waals surface area contributed by atoms with Gasteiger partial charge in [-0.2, -0.15) is 0 Å². The van der Waals surface area contributed by atoms with Crippen LogP contribution in [0.25, 0.3) is 6.08 Å². The van der Waals surface area contributed by atoms with Crippen molar-refractivity contribution in [3.63, 3.8) is 0 Å². The van der Waals surface area contributed by atoms with E-state index in [0.29, 0.717) is 5.02 Å². The number of carboxylic acid groups (broad SMARTS) is 1. The first-order valence-electron chi connectivity index (χ1n) is 5.23. The minimum absolute atomic E-state index is 0.164. The lowest BCUT2D eigenvalue weighted by molar-refractivity contribution is -0.136. The van der Waals surface area contributed by atoms with Crippen molar-refractivity contribution in [1.82, 2.24) is 0 Å². The van der Waals surface area contributed by atoms with Crippen LogP contribution in [0.15, 0.2) is 30.3 Å². The maximum atomic E-state index is 11.4. The van der Waals surface area contributed by atoms with E-state index in [2.05, 4.69) is 0 Å². The molecule has 1 N–H and O–H groups in total. The van der Waals surface area contributed by atoms with Crippen LogP contribution in [0.5, 0.6) is 0 Å². The smallest absolute Gasteiger partial charge is 0.304 e. The molecule has 0 unspecified atom stereocenters. The largest absolute Gasteiger partial charge is 0.481 e. The Kier molecular flexibility index (Phi) is 5.37. The van der Waals surface area contributed by atoms with Gasteiger partial charge in [0.1, 0.15) is 0 Å². The Hall–Kier alpha value is -1.33. The van der Waals surface area contributed by atoms with Crippen LogP contribution in [0, 0.1) is 0 Å². The van der Waals surface area contributed by atoms with Crippen LogP contribution in [-0.4, -0.2) is 31.0 Å². The molecule has 0 amide bonds. The summed E-state index contributed by atoms with van der Waals surface area (Å²) >= 11 is 5.71. The fourth-order valence-corrected chi connectivity index (χ4v) is 2.40. The molecule has 0 spiro atoms. The summed E-state index contributed by atoms with van der Waals surface area (Å²) in [5, 5.41) is 9.02. The van der Waals surface area contributed by atoms with E-state index in [0.717, 1.165) is 5.56 Å². The molecule has 4 nitrogen and oxygen atoms in total. The van der Waals surface area contributed by atoms with E-state index in [1.165, 1.54) is 6.08 Å². The minimum Gasteiger partial charge on any atom is -0.481 e. The molecule has 0 atom stereocenters. The van der Waals surface area contributed by atoms with Crippen molar-refractivity contribution in [2.24, 2.45) is 0 Å². The summed E-state index contributed by atoms with van der Waals surface area (Å²) in [6, 6.07) is 6.95. The van der Waals surface area contributed by atoms with Crippen molar-refractivity contribution >= 4 is 33.5 Å². The van der Waals surface area contributed by atoms with Gasteiger partial charge >= 0.3 is 5.97 Å². The van der Waals surface area contributed by atoms with E-state index in [4.69, 9.17) is 16.7 Å². The molecule has 1 aromatic rings. The number of rotatable bonds is 6. The molecule has 0 bridgehead atoms. The molecule has 0 aliphatic heterocycles. The third-order valence-corrected chi connectivity index (χ3v) is 3.94. The number of carbonyl (C=O) groups is 1. The van der Waals surface area contributed by atoms with E-state index in [9.17, 15) is 13.2 Å². The van der Waals surface area contributed by atoms with Crippen LogP contribution in [-0.2, 0) is 14.6 Å². The highest BCUT2D eigenvalue weighted by Crippen LogP contribution is 2.10. The number of carboxylic acids is 1. The molecule has 0 fully saturated rings. The standard InChI is InChI=1S/C12H13ClO4S/c13-11-5-3-10(4-6-11)2-1-8-18(16,17)9-7-12(14)15/h1-6H,7-9H2,(H,14,15). The molecule has 0 aromatic heterocycles. The van der Waals surface area contributed by atoms with Crippen molar-refractivity contribution in [3.05, 3.63) is 40.9 Å². The Balaban J connectivity index is 2.53. The molecule has 1 rings (SSSR count). The summed E-state index contributed by atoms with van der Waals surface area (Å²) in [5.74, 6) is -1.61. The minimum atomic E-state index is -3.35. The van der Waals surface area contributed by atoms with Gasteiger partial charge in [0.05, 0.1) is 17.9 Å². The van der Waals surface area contributed by atoms with Gasteiger partial charge in [-0.3, -0.25) is 4.79 Å². The summed E-state index contributed by atoms with van der Waals surface area (Å²) in [6.45, 7) is 0. The number of benzene rings is 1. The lowest BCUT2D eigenvalue weighted by Crippen LogP contribution is -2.12. The van der Waals surface area contributed by atoms with Crippen LogP contribution >= 0.6 is 11.6 Å². The maximum Gasteiger partial charge on any atom is 0.304 e. The third kappa shape index (κ3) is 5.84. The lowest BCUT2D eigenvalue weighted by atomic mass is 10.2. The SMILES string of the molecule is O=C(O)CCS(=O)(=O)CC=Cc1ccc(Cl)cc1. The third-order valence-electron chi connectivity index (χ3n) is 2.16. The zero-order valence-corrected chi connectivity index (χ0v) is 11.1. The Morgan fingerprint density at radius 1 is 1.28 bits per heavy atom. The maximum absolute atomic E-state index is 11.4. The predicted octanol–water partition coefficient (Wildman–Crippen LogP) is 2.24. The van der Waals surface area contributed by atoms with Crippen LogP contribution in [0.4, 0.5) is 0 Å². The van der Waals surface area contributed by atoms with Crippen LogP contribution < -0.4 is 0 Å². The average molecular weight is 289 g/mol. The molecule has 0 heterocycles. The van der Waals surface area contributed by atoms with Gasteiger partial charge in [0.25, 0.3) is 0 Å². The van der Waals surface area contributed by atoms with Crippen molar-refractivity contribution in [3.8, 4) is 0 Å². The van der Waals surface area contributed by atoms with E-state index in [-0.39, 0.29) is 17.9 Å². The highest BCUT2D eigenvalue weighted by Gasteiger charge is 2.10. The van der Waals surface area contributed by atoms with Crippen molar-refractivity contribution in [2.75, 3.05) is 11.5 Å². The van der Waals surface area contributed by atoms with Gasteiger partial charge in [0, 0.05) is 5.02 Å². The zero-order valence-electron chi connectivity index (χ0n) is 9.54. The second-order valence-electron chi connectivity index (χ2n) is 3.71. The van der Waals surface area contributed by atoms with Gasteiger partial charge in [0.2, 0.25) is 0 Å². The summed E-state index contributed by atoms with van der Waals surface area (Å²) in [6.07, 6.45) is 2.80. The fraction of sp³-hybridized carbons (Fsp3) is 0.250. The van der Waals surface area contributed by atoms with Crippen molar-refractivity contribution in [2.45, 2.75) is 6.42 Å². The number of aliphatic carboxylic acids is 1. The van der Waals surface area contributed by atoms with E-state index >= 15 is 0 Å². The molecule has 0 radical (unpaired) electrons. The Morgan fingerprint density at radius 3 is 2.44 bits per heavy atom. The van der Waals surface area contributed by atoms with Crippen LogP contribution in [0.3, 0.4) is 0 Å². The quantitative estimate of drug-likeness (QED) is 0.871. The molecule has 1 aromatic carbocycles. The first-order chi connectivity index (χ1) is 8.39. The van der Waals surface area contributed by atoms with Gasteiger partial charge in [-0.05, 0) is 17.7 Å². The van der Waals surface area contributed by atoms with E-state index in [1.54, 1.807) is 30.3 Å². The first kappa shape index (κ1) is 14.7. The monoisotopic (exact) mass is 288 g/mol. The number of halogens is 1. The molecule has 6 heteroatoms. The first-order valence-corrected chi connectivity index (χ1v) is 7.43. The molecule has 0 saturated carbocycles. The average Bonchev–Trinajstić information content (AvgIpc) is 2.29. The lowest BCUT2D eigenvalue weighted by Gasteiger charge is -1.98. The number of hydrogen-bond acceptors (Lipinski definition) is 3. The molecular weight excluding hydrogens is 276 g/mol. The Labute approximate surface area is 111 Å². The molecule has 0 aliphatic rings. The van der Waals surface area contributed by atoms with Gasteiger partial charge in [-0.1, -0.05) is 35.9 Å². The van der Waals surface area contributed by atoms with Gasteiger partial charge < -0.3 is 5.11 Å². The van der Waals surface area contributed by atoms with E-state index < -0.39 is 15.8 Å². The topological polar surface area (TPSA) is 71.4 Å². The number of hydrogen-bond donors (Lipinski definition) is 1. The van der Waals surface area contributed by atoms with Gasteiger partial charge in [-0.15, -0.1) is 0 Å². The number of sulfone groups is 1. The Morgan fingerprint density at radius 2 is 1.89 bits per heavy atom. The normalized spacial score (nSPS) is 11.8. The second kappa shape index (κ2) is 6.56. The zero-order chi connectivity index (χ0) is 13.6. The highest BCUT2D eigenvalue weighted by molar-refractivity contribution is 7.91. The van der Waals surface area contributed by atoms with Crippen molar-refractivity contribution < 1.29 is 18.3 Å². The summed E-state index contributed by atoms with van der Waals surface area (Å²) < 4.78 is 22.9. The summed E-state index contributed by atoms with van der Waals surface area (Å²) in [4.78, 5) is 10.3. The summed E-state index contributed by atoms with van der Waals surface area (Å²) in [7, 11) is -3.35. The molecular formula is C12H13ClO4S. The Bertz CT molecular complexity index is 532. The summed E-state index contributed by atoms with van der Waals surface area (Å²) in [5.41, 5.74) is 0.841. The predicted molar refractivity (Wildman–Crippen MR) is 71.4 cm³/mol. The molecule has 98 valence electrons. The molecule has 18 heavy (non-hydrogen) atoms. The fourth-order valence-electron chi connectivity index (χ4n) is 1.23. The van der Waals surface area contributed by atoms with E-state index in [1.807, 2.05) is 0 Å². The molecule has 0 saturated heterocycles. The molecule has 0 aliphatic carbocycles. The highest BCUT2D eigenvalue weighted by atomic mass is 35.5. The van der Waals surface area contributed by atoms with Gasteiger partial charge in [-0.25, -0.2) is 8.42 Å². The van der Waals surface area contributed by atoms with Crippen LogP contribution in [0.2, 0.25) is 5.02 Å². The van der Waals surface area contributed by atoms with Crippen LogP contribution in [0.1, 0.15) is 12.0 Å². The van der Waals surface area contributed by atoms with Crippen molar-refractivity contribution in [1.29, 1.82) is 0 Å². The second-order valence-corrected chi connectivity index (χ2v) is 6.38.